The molecule has 0 spiro atoms. The van der Waals surface area contributed by atoms with Crippen LogP contribution >= 0.6 is 11.6 Å². The van der Waals surface area contributed by atoms with Crippen LogP contribution in [0.5, 0.6) is 17.2 Å². The van der Waals surface area contributed by atoms with Crippen LogP contribution in [0.25, 0.3) is 0 Å². The van der Waals surface area contributed by atoms with Crippen molar-refractivity contribution in [3.05, 3.63) is 47.0 Å². The fraction of sp³-hybridized carbons (Fsp3) is 0.316. The zero-order chi connectivity index (χ0) is 17.5. The molecule has 2 aromatic carbocycles. The Morgan fingerprint density at radius 3 is 2.50 bits per heavy atom. The van der Waals surface area contributed by atoms with Crippen molar-refractivity contribution in [1.29, 1.82) is 0 Å². The molecule has 0 aliphatic rings. The molecule has 4 nitrogen and oxygen atoms in total. The Morgan fingerprint density at radius 2 is 1.83 bits per heavy atom. The Morgan fingerprint density at radius 1 is 1.12 bits per heavy atom. The van der Waals surface area contributed by atoms with Gasteiger partial charge in [0.1, 0.15) is 11.4 Å². The average molecular weight is 348 g/mol. The quantitative estimate of drug-likeness (QED) is 0.639. The summed E-state index contributed by atoms with van der Waals surface area (Å²) in [6, 6.07) is 11.2. The van der Waals surface area contributed by atoms with Gasteiger partial charge in [-0.1, -0.05) is 30.7 Å². The summed E-state index contributed by atoms with van der Waals surface area (Å²) in [7, 11) is 3.21. The van der Waals surface area contributed by atoms with E-state index in [0.717, 1.165) is 17.7 Å². The molecule has 2 rings (SSSR count). The molecule has 0 aliphatic heterocycles. The minimum absolute atomic E-state index is 0.0597. The highest BCUT2D eigenvalue weighted by Crippen LogP contribution is 2.37. The van der Waals surface area contributed by atoms with E-state index in [1.165, 1.54) is 0 Å². The number of benzene rings is 2. The van der Waals surface area contributed by atoms with E-state index in [1.54, 1.807) is 26.5 Å². The van der Waals surface area contributed by atoms with Crippen molar-refractivity contribution >= 4 is 23.5 Å². The van der Waals surface area contributed by atoms with Gasteiger partial charge in [0.05, 0.1) is 25.3 Å². The van der Waals surface area contributed by atoms with E-state index in [1.807, 2.05) is 37.3 Å². The highest BCUT2D eigenvalue weighted by Gasteiger charge is 2.14. The third-order valence-electron chi connectivity index (χ3n) is 3.58. The maximum Gasteiger partial charge on any atom is 0.180 e. The number of halogens is 1. The van der Waals surface area contributed by atoms with Gasteiger partial charge in [-0.3, -0.25) is 4.99 Å². The summed E-state index contributed by atoms with van der Waals surface area (Å²) in [6.07, 6.45) is 2.67. The van der Waals surface area contributed by atoms with Gasteiger partial charge in [-0.15, -0.1) is 0 Å². The highest BCUT2D eigenvalue weighted by molar-refractivity contribution is 6.32. The zero-order valence-electron chi connectivity index (χ0n) is 14.4. The Labute approximate surface area is 148 Å². The molecule has 0 bridgehead atoms. The predicted molar refractivity (Wildman–Crippen MR) is 98.6 cm³/mol. The van der Waals surface area contributed by atoms with Gasteiger partial charge >= 0.3 is 0 Å². The van der Waals surface area contributed by atoms with Gasteiger partial charge in [-0.05, 0) is 43.2 Å². The van der Waals surface area contributed by atoms with Gasteiger partial charge in [-0.2, -0.15) is 0 Å². The van der Waals surface area contributed by atoms with Gasteiger partial charge < -0.3 is 14.2 Å². The van der Waals surface area contributed by atoms with Crippen molar-refractivity contribution in [3.63, 3.8) is 0 Å². The summed E-state index contributed by atoms with van der Waals surface area (Å²) in [5, 5.41) is 0.496. The molecule has 0 saturated carbocycles. The molecule has 0 saturated heterocycles. The minimum atomic E-state index is 0.0597. The van der Waals surface area contributed by atoms with Gasteiger partial charge in [0, 0.05) is 6.21 Å². The van der Waals surface area contributed by atoms with Crippen molar-refractivity contribution < 1.29 is 14.2 Å². The van der Waals surface area contributed by atoms with E-state index in [0.29, 0.717) is 22.3 Å². The first-order valence-corrected chi connectivity index (χ1v) is 8.18. The second-order valence-corrected chi connectivity index (χ2v) is 5.71. The number of aliphatic imine (C=N–C) groups is 1. The second-order valence-electron chi connectivity index (χ2n) is 5.30. The number of methoxy groups -OCH3 is 2. The summed E-state index contributed by atoms with van der Waals surface area (Å²) in [6.45, 7) is 4.05. The Bertz CT molecular complexity index is 716. The summed E-state index contributed by atoms with van der Waals surface area (Å²) in [4.78, 5) is 4.47. The van der Waals surface area contributed by atoms with Crippen LogP contribution in [0.15, 0.2) is 41.4 Å². The summed E-state index contributed by atoms with van der Waals surface area (Å²) in [5.74, 6) is 1.86. The van der Waals surface area contributed by atoms with Crippen molar-refractivity contribution in [2.75, 3.05) is 14.2 Å². The molecule has 0 N–H and O–H groups in total. The molecule has 128 valence electrons. The standard InChI is InChI=1S/C19H22ClNO3/c1-5-13(2)24-19-15(20)10-14(11-18(19)23-4)12-21-16-8-6-7-9-17(16)22-3/h6-13H,5H2,1-4H3/t13-/m1/s1. The molecule has 5 heteroatoms. The number of hydrogen-bond donors (Lipinski definition) is 0. The van der Waals surface area contributed by atoms with Crippen LogP contribution in [0, 0.1) is 0 Å². The largest absolute Gasteiger partial charge is 0.494 e. The second kappa shape index (κ2) is 8.60. The van der Waals surface area contributed by atoms with Crippen molar-refractivity contribution in [2.24, 2.45) is 4.99 Å². The molecule has 0 heterocycles. The van der Waals surface area contributed by atoms with Crippen LogP contribution in [0.1, 0.15) is 25.8 Å². The van der Waals surface area contributed by atoms with Crippen molar-refractivity contribution in [3.8, 4) is 17.2 Å². The maximum atomic E-state index is 6.36. The molecular formula is C19H22ClNO3. The zero-order valence-corrected chi connectivity index (χ0v) is 15.1. The summed E-state index contributed by atoms with van der Waals surface area (Å²) < 4.78 is 16.6. The number of rotatable bonds is 7. The van der Waals surface area contributed by atoms with E-state index < -0.39 is 0 Å². The average Bonchev–Trinajstić information content (AvgIpc) is 2.61. The fourth-order valence-electron chi connectivity index (χ4n) is 2.09. The summed E-state index contributed by atoms with van der Waals surface area (Å²) >= 11 is 6.36. The van der Waals surface area contributed by atoms with E-state index in [2.05, 4.69) is 11.9 Å². The van der Waals surface area contributed by atoms with Crippen LogP contribution in [-0.4, -0.2) is 26.5 Å². The first kappa shape index (κ1) is 18.1. The third kappa shape index (κ3) is 4.42. The molecule has 1 atom stereocenters. The molecule has 24 heavy (non-hydrogen) atoms. The van der Waals surface area contributed by atoms with Crippen LogP contribution in [0.4, 0.5) is 5.69 Å². The van der Waals surface area contributed by atoms with Gasteiger partial charge in [0.2, 0.25) is 0 Å². The lowest BCUT2D eigenvalue weighted by atomic mass is 10.2. The van der Waals surface area contributed by atoms with E-state index in [4.69, 9.17) is 25.8 Å². The molecule has 0 fully saturated rings. The minimum Gasteiger partial charge on any atom is -0.494 e. The molecule has 0 aromatic heterocycles. The monoisotopic (exact) mass is 347 g/mol. The lowest BCUT2D eigenvalue weighted by molar-refractivity contribution is 0.208. The van der Waals surface area contributed by atoms with Crippen LogP contribution in [0.2, 0.25) is 5.02 Å². The number of para-hydroxylation sites is 2. The molecule has 0 radical (unpaired) electrons. The predicted octanol–water partition coefficient (Wildman–Crippen LogP) is 5.29. The van der Waals surface area contributed by atoms with Crippen LogP contribution < -0.4 is 14.2 Å². The van der Waals surface area contributed by atoms with Crippen molar-refractivity contribution in [1.82, 2.24) is 0 Å². The van der Waals surface area contributed by atoms with E-state index in [9.17, 15) is 0 Å². The number of hydrogen-bond acceptors (Lipinski definition) is 4. The van der Waals surface area contributed by atoms with E-state index in [-0.39, 0.29) is 6.10 Å². The molecule has 2 aromatic rings. The number of nitrogens with zero attached hydrogens (tertiary/aromatic N) is 1. The van der Waals surface area contributed by atoms with Crippen LogP contribution in [0.3, 0.4) is 0 Å². The van der Waals surface area contributed by atoms with Crippen LogP contribution in [-0.2, 0) is 0 Å². The lowest BCUT2D eigenvalue weighted by Gasteiger charge is -2.17. The molecule has 0 unspecified atom stereocenters. The smallest absolute Gasteiger partial charge is 0.180 e. The van der Waals surface area contributed by atoms with Crippen molar-refractivity contribution in [2.45, 2.75) is 26.4 Å². The fourth-order valence-corrected chi connectivity index (χ4v) is 2.36. The Balaban J connectivity index is 2.31. The first-order chi connectivity index (χ1) is 11.6. The summed E-state index contributed by atoms with van der Waals surface area (Å²) in [5.41, 5.74) is 1.56. The maximum absolute atomic E-state index is 6.36. The highest BCUT2D eigenvalue weighted by atomic mass is 35.5. The van der Waals surface area contributed by atoms with Gasteiger partial charge in [0.15, 0.2) is 11.5 Å². The topological polar surface area (TPSA) is 40.0 Å². The molecule has 0 aliphatic carbocycles. The normalized spacial score (nSPS) is 12.2. The lowest BCUT2D eigenvalue weighted by Crippen LogP contribution is -2.11. The third-order valence-corrected chi connectivity index (χ3v) is 3.86. The molecular weight excluding hydrogens is 326 g/mol. The number of ether oxygens (including phenoxy) is 3. The Hall–Kier alpha value is -2.20. The van der Waals surface area contributed by atoms with Gasteiger partial charge in [-0.25, -0.2) is 0 Å². The first-order valence-electron chi connectivity index (χ1n) is 7.80. The van der Waals surface area contributed by atoms with Gasteiger partial charge in [0.25, 0.3) is 0 Å². The van der Waals surface area contributed by atoms with E-state index >= 15 is 0 Å². The molecule has 0 amide bonds. The SMILES string of the molecule is CC[C@@H](C)Oc1c(Cl)cc(C=Nc2ccccc2OC)cc1OC. The Kier molecular flexibility index (Phi) is 6.50.